The van der Waals surface area contributed by atoms with Gasteiger partial charge in [-0.1, -0.05) is 6.07 Å². The molecule has 0 radical (unpaired) electrons. The molecule has 0 aliphatic carbocycles. The highest BCUT2D eigenvalue weighted by Crippen LogP contribution is 2.14. The van der Waals surface area contributed by atoms with Crippen molar-refractivity contribution in [1.82, 2.24) is 34.4 Å². The molecule has 1 aliphatic rings. The molecule has 9 nitrogen and oxygen atoms in total. The molecule has 0 amide bonds. The lowest BCUT2D eigenvalue weighted by atomic mass is 10.3. The van der Waals surface area contributed by atoms with Crippen molar-refractivity contribution in [2.24, 2.45) is 0 Å². The zero-order chi connectivity index (χ0) is 22.4. The first-order valence-corrected chi connectivity index (χ1v) is 9.56. The number of aliphatic carboxylic acids is 1. The second-order valence-electron chi connectivity index (χ2n) is 6.99. The maximum Gasteiger partial charge on any atom is 0.490 e. The Kier molecular flexibility index (Phi) is 7.00. The molecule has 0 fully saturated rings. The normalized spacial score (nSPS) is 14.3. The number of alkyl halides is 3. The topological polar surface area (TPSA) is 102 Å². The minimum atomic E-state index is -5.08. The summed E-state index contributed by atoms with van der Waals surface area (Å²) >= 11 is 0. The lowest BCUT2D eigenvalue weighted by molar-refractivity contribution is -0.192. The Morgan fingerprint density at radius 2 is 1.90 bits per heavy atom. The summed E-state index contributed by atoms with van der Waals surface area (Å²) in [7, 11) is 0. The number of nitrogens with zero attached hydrogens (tertiary/aromatic N) is 7. The van der Waals surface area contributed by atoms with E-state index in [0.29, 0.717) is 6.54 Å². The van der Waals surface area contributed by atoms with Crippen LogP contribution in [0.3, 0.4) is 0 Å². The van der Waals surface area contributed by atoms with Gasteiger partial charge in [-0.3, -0.25) is 14.6 Å². The summed E-state index contributed by atoms with van der Waals surface area (Å²) in [5.41, 5.74) is 2.20. The molecule has 12 heteroatoms. The minimum Gasteiger partial charge on any atom is -0.475 e. The van der Waals surface area contributed by atoms with Gasteiger partial charge in [-0.2, -0.15) is 18.3 Å². The van der Waals surface area contributed by atoms with Gasteiger partial charge in [-0.05, 0) is 25.1 Å². The van der Waals surface area contributed by atoms with Crippen LogP contribution in [0.2, 0.25) is 0 Å². The van der Waals surface area contributed by atoms with Crippen LogP contribution in [0, 0.1) is 6.92 Å². The molecule has 3 aromatic heterocycles. The fraction of sp³-hybridized carbons (Fsp3) is 0.421. The molecule has 3 aromatic rings. The van der Waals surface area contributed by atoms with Crippen LogP contribution in [0.4, 0.5) is 13.2 Å². The summed E-state index contributed by atoms with van der Waals surface area (Å²) in [5, 5.41) is 20.1. The lowest BCUT2D eigenvalue weighted by Crippen LogP contribution is -2.27. The summed E-state index contributed by atoms with van der Waals surface area (Å²) < 4.78 is 35.9. The number of carboxylic acids is 1. The van der Waals surface area contributed by atoms with E-state index in [0.717, 1.165) is 55.6 Å². The van der Waals surface area contributed by atoms with Crippen molar-refractivity contribution >= 4 is 5.97 Å². The van der Waals surface area contributed by atoms with Crippen LogP contribution in [0.5, 0.6) is 0 Å². The highest BCUT2D eigenvalue weighted by Gasteiger charge is 2.38. The van der Waals surface area contributed by atoms with Gasteiger partial charge >= 0.3 is 12.1 Å². The third kappa shape index (κ3) is 6.35. The Hall–Kier alpha value is -3.28. The van der Waals surface area contributed by atoms with Gasteiger partial charge in [0.2, 0.25) is 0 Å². The molecule has 1 N–H and O–H groups in total. The third-order valence-electron chi connectivity index (χ3n) is 4.63. The second kappa shape index (κ2) is 9.69. The molecule has 0 saturated carbocycles. The first-order chi connectivity index (χ1) is 14.7. The van der Waals surface area contributed by atoms with E-state index in [1.807, 2.05) is 29.9 Å². The van der Waals surface area contributed by atoms with E-state index in [2.05, 4.69) is 41.9 Å². The predicted octanol–water partition coefficient (Wildman–Crippen LogP) is 1.92. The fourth-order valence-electron chi connectivity index (χ4n) is 3.16. The number of pyridine rings is 1. The number of aromatic nitrogens is 6. The van der Waals surface area contributed by atoms with Crippen molar-refractivity contribution in [3.05, 3.63) is 59.7 Å². The fourth-order valence-corrected chi connectivity index (χ4v) is 3.16. The number of halogens is 3. The first-order valence-electron chi connectivity index (χ1n) is 9.56. The Morgan fingerprint density at radius 1 is 1.13 bits per heavy atom. The van der Waals surface area contributed by atoms with Crippen molar-refractivity contribution in [3.8, 4) is 0 Å². The van der Waals surface area contributed by atoms with Crippen molar-refractivity contribution in [2.75, 3.05) is 13.1 Å². The van der Waals surface area contributed by atoms with Crippen molar-refractivity contribution in [3.63, 3.8) is 0 Å². The van der Waals surface area contributed by atoms with Gasteiger partial charge in [0, 0.05) is 50.7 Å². The molecule has 0 bridgehead atoms. The van der Waals surface area contributed by atoms with E-state index >= 15 is 0 Å². The zero-order valence-corrected chi connectivity index (χ0v) is 16.8. The van der Waals surface area contributed by atoms with E-state index in [9.17, 15) is 13.2 Å². The number of aryl methyl sites for hydroxylation is 1. The van der Waals surface area contributed by atoms with Crippen molar-refractivity contribution < 1.29 is 23.1 Å². The molecule has 0 spiro atoms. The summed E-state index contributed by atoms with van der Waals surface area (Å²) in [6, 6.07) is 8.14. The van der Waals surface area contributed by atoms with Crippen LogP contribution in [-0.2, 0) is 30.8 Å². The standard InChI is InChI=1S/C17H21N7.C2HF3O2/c1-14-4-2-5-15(19-14)12-22-9-6-16-20-21-17(24(16)11-10-22)13-23-8-3-7-18-23;3-2(4,5)1(6)7/h2-5,7-8H,6,9-13H2,1H3;(H,6,7). The van der Waals surface area contributed by atoms with Gasteiger partial charge in [-0.15, -0.1) is 10.2 Å². The van der Waals surface area contributed by atoms with Crippen LogP contribution in [0.25, 0.3) is 0 Å². The van der Waals surface area contributed by atoms with Gasteiger partial charge in [0.05, 0.1) is 5.69 Å². The summed E-state index contributed by atoms with van der Waals surface area (Å²) in [6.45, 7) is 6.45. The average molecular weight is 437 g/mol. The molecule has 4 rings (SSSR count). The summed E-state index contributed by atoms with van der Waals surface area (Å²) in [5.74, 6) is -0.714. The van der Waals surface area contributed by atoms with Gasteiger partial charge in [-0.25, -0.2) is 4.79 Å². The third-order valence-corrected chi connectivity index (χ3v) is 4.63. The highest BCUT2D eigenvalue weighted by molar-refractivity contribution is 5.73. The molecule has 4 heterocycles. The number of hydrogen-bond donors (Lipinski definition) is 1. The Morgan fingerprint density at radius 3 is 2.55 bits per heavy atom. The molecular formula is C19H22F3N7O2. The maximum absolute atomic E-state index is 10.6. The number of carboxylic acid groups (broad SMARTS) is 1. The monoisotopic (exact) mass is 437 g/mol. The minimum absolute atomic E-state index is 0.666. The Labute approximate surface area is 176 Å². The molecule has 0 unspecified atom stereocenters. The van der Waals surface area contributed by atoms with Gasteiger partial charge in [0.25, 0.3) is 0 Å². The van der Waals surface area contributed by atoms with E-state index in [-0.39, 0.29) is 0 Å². The van der Waals surface area contributed by atoms with E-state index in [1.165, 1.54) is 0 Å². The SMILES string of the molecule is Cc1cccc(CN2CCc3nnc(Cn4cccn4)n3CC2)n1.O=C(O)C(F)(F)F. The highest BCUT2D eigenvalue weighted by atomic mass is 19.4. The van der Waals surface area contributed by atoms with Crippen molar-refractivity contribution in [2.45, 2.75) is 39.2 Å². The number of rotatable bonds is 4. The second-order valence-corrected chi connectivity index (χ2v) is 6.99. The first kappa shape index (κ1) is 22.4. The lowest BCUT2D eigenvalue weighted by Gasteiger charge is -2.19. The Bertz CT molecular complexity index is 1000. The number of carbonyl (C=O) groups is 1. The molecule has 0 aromatic carbocycles. The summed E-state index contributed by atoms with van der Waals surface area (Å²) in [6.07, 6.45) is -0.428. The number of hydrogen-bond acceptors (Lipinski definition) is 6. The summed E-state index contributed by atoms with van der Waals surface area (Å²) in [4.78, 5) is 15.9. The molecule has 1 aliphatic heterocycles. The maximum atomic E-state index is 10.6. The quantitative estimate of drug-likeness (QED) is 0.665. The average Bonchev–Trinajstić information content (AvgIpc) is 3.30. The van der Waals surface area contributed by atoms with Crippen LogP contribution < -0.4 is 0 Å². The van der Waals surface area contributed by atoms with Gasteiger partial charge < -0.3 is 9.67 Å². The van der Waals surface area contributed by atoms with E-state index in [1.54, 1.807) is 6.20 Å². The Balaban J connectivity index is 0.000000339. The van der Waals surface area contributed by atoms with Crippen LogP contribution in [0.15, 0.2) is 36.7 Å². The largest absolute Gasteiger partial charge is 0.490 e. The molecule has 0 atom stereocenters. The molecular weight excluding hydrogens is 415 g/mol. The molecule has 31 heavy (non-hydrogen) atoms. The van der Waals surface area contributed by atoms with Crippen LogP contribution >= 0.6 is 0 Å². The van der Waals surface area contributed by atoms with E-state index in [4.69, 9.17) is 9.90 Å². The molecule has 166 valence electrons. The smallest absolute Gasteiger partial charge is 0.475 e. The molecule has 0 saturated heterocycles. The van der Waals surface area contributed by atoms with Gasteiger partial charge in [0.1, 0.15) is 12.4 Å². The van der Waals surface area contributed by atoms with Crippen LogP contribution in [0.1, 0.15) is 23.0 Å². The zero-order valence-electron chi connectivity index (χ0n) is 16.8. The van der Waals surface area contributed by atoms with Gasteiger partial charge in [0.15, 0.2) is 5.82 Å². The van der Waals surface area contributed by atoms with Crippen LogP contribution in [-0.4, -0.2) is 64.8 Å². The number of fused-ring (bicyclic) bond motifs is 1. The van der Waals surface area contributed by atoms with Crippen molar-refractivity contribution in [1.29, 1.82) is 0 Å². The predicted molar refractivity (Wildman–Crippen MR) is 103 cm³/mol. The van der Waals surface area contributed by atoms with E-state index < -0.39 is 12.1 Å².